The fraction of sp³-hybridized carbons (Fsp3) is 0.812. The van der Waals surface area contributed by atoms with Gasteiger partial charge in [0, 0.05) is 12.6 Å². The maximum atomic E-state index is 11.8. The SMILES string of the molecule is CC(N)CNC(=O)/C=C/C12CC3CC(CC(C3)C1)C2. The lowest BCUT2D eigenvalue weighted by Crippen LogP contribution is -2.45. The largest absolute Gasteiger partial charge is 0.351 e. The summed E-state index contributed by atoms with van der Waals surface area (Å²) in [5.41, 5.74) is 5.99. The van der Waals surface area contributed by atoms with Gasteiger partial charge in [0.25, 0.3) is 0 Å². The second-order valence-corrected chi connectivity index (χ2v) is 7.34. The topological polar surface area (TPSA) is 55.1 Å². The first kappa shape index (κ1) is 13.2. The van der Waals surface area contributed by atoms with Crippen molar-refractivity contribution in [2.75, 3.05) is 6.54 Å². The van der Waals surface area contributed by atoms with E-state index in [1.165, 1.54) is 38.5 Å². The Balaban J connectivity index is 1.61. The number of amides is 1. The second-order valence-electron chi connectivity index (χ2n) is 7.34. The highest BCUT2D eigenvalue weighted by Crippen LogP contribution is 2.60. The maximum absolute atomic E-state index is 11.8. The van der Waals surface area contributed by atoms with Crippen LogP contribution < -0.4 is 11.1 Å². The Kier molecular flexibility index (Phi) is 3.42. The zero-order valence-electron chi connectivity index (χ0n) is 11.9. The lowest BCUT2D eigenvalue weighted by molar-refractivity contribution is -0.116. The summed E-state index contributed by atoms with van der Waals surface area (Å²) < 4.78 is 0. The third kappa shape index (κ3) is 2.86. The van der Waals surface area contributed by atoms with Crippen LogP contribution in [0.5, 0.6) is 0 Å². The molecule has 1 unspecified atom stereocenters. The Morgan fingerprint density at radius 3 is 2.26 bits per heavy atom. The predicted molar refractivity (Wildman–Crippen MR) is 76.4 cm³/mol. The first-order valence-corrected chi connectivity index (χ1v) is 7.77. The third-order valence-corrected chi connectivity index (χ3v) is 5.27. The van der Waals surface area contributed by atoms with Gasteiger partial charge in [0.05, 0.1) is 0 Å². The van der Waals surface area contributed by atoms with Gasteiger partial charge in [0.15, 0.2) is 0 Å². The molecule has 3 nitrogen and oxygen atoms in total. The summed E-state index contributed by atoms with van der Waals surface area (Å²) in [5.74, 6) is 2.82. The molecule has 0 heterocycles. The number of carbonyl (C=O) groups is 1. The van der Waals surface area contributed by atoms with Crippen LogP contribution in [0.1, 0.15) is 45.4 Å². The molecule has 1 amide bonds. The van der Waals surface area contributed by atoms with Crippen LogP contribution in [0.15, 0.2) is 12.2 Å². The molecule has 4 aliphatic rings. The Morgan fingerprint density at radius 2 is 1.79 bits per heavy atom. The highest BCUT2D eigenvalue weighted by Gasteiger charge is 2.49. The fourth-order valence-electron chi connectivity index (χ4n) is 4.95. The van der Waals surface area contributed by atoms with Crippen molar-refractivity contribution >= 4 is 5.91 Å². The summed E-state index contributed by atoms with van der Waals surface area (Å²) in [4.78, 5) is 11.8. The normalized spacial score (nSPS) is 41.7. The first-order chi connectivity index (χ1) is 9.05. The van der Waals surface area contributed by atoms with Crippen LogP contribution in [0.25, 0.3) is 0 Å². The molecule has 4 bridgehead atoms. The fourth-order valence-corrected chi connectivity index (χ4v) is 4.95. The monoisotopic (exact) mass is 262 g/mol. The van der Waals surface area contributed by atoms with Crippen LogP contribution >= 0.6 is 0 Å². The first-order valence-electron chi connectivity index (χ1n) is 7.77. The number of hydrogen-bond donors (Lipinski definition) is 2. The van der Waals surface area contributed by atoms with E-state index in [0.717, 1.165) is 17.8 Å². The minimum absolute atomic E-state index is 0.0213. The van der Waals surface area contributed by atoms with Crippen LogP contribution in [0.3, 0.4) is 0 Å². The summed E-state index contributed by atoms with van der Waals surface area (Å²) in [6.07, 6.45) is 12.3. The molecule has 0 aromatic carbocycles. The minimum Gasteiger partial charge on any atom is -0.351 e. The average molecular weight is 262 g/mol. The van der Waals surface area contributed by atoms with Gasteiger partial charge in [-0.05, 0) is 74.7 Å². The minimum atomic E-state index is 0.0213. The van der Waals surface area contributed by atoms with Gasteiger partial charge in [-0.15, -0.1) is 0 Å². The van der Waals surface area contributed by atoms with E-state index in [1.54, 1.807) is 6.08 Å². The molecule has 0 aromatic rings. The number of nitrogens with one attached hydrogen (secondary N) is 1. The van der Waals surface area contributed by atoms with E-state index in [-0.39, 0.29) is 11.9 Å². The summed E-state index contributed by atoms with van der Waals surface area (Å²) in [6.45, 7) is 2.47. The smallest absolute Gasteiger partial charge is 0.243 e. The van der Waals surface area contributed by atoms with Crippen molar-refractivity contribution in [1.29, 1.82) is 0 Å². The number of nitrogens with two attached hydrogens (primary N) is 1. The molecule has 0 radical (unpaired) electrons. The van der Waals surface area contributed by atoms with Gasteiger partial charge in [-0.1, -0.05) is 6.08 Å². The molecule has 4 rings (SSSR count). The Labute approximate surface area is 116 Å². The molecule has 3 N–H and O–H groups in total. The summed E-state index contributed by atoms with van der Waals surface area (Å²) in [7, 11) is 0. The molecular formula is C16H26N2O. The summed E-state index contributed by atoms with van der Waals surface area (Å²) >= 11 is 0. The molecule has 0 aliphatic heterocycles. The molecular weight excluding hydrogens is 236 g/mol. The van der Waals surface area contributed by atoms with Gasteiger partial charge in [0.2, 0.25) is 5.91 Å². The number of rotatable bonds is 4. The van der Waals surface area contributed by atoms with Crippen molar-refractivity contribution in [1.82, 2.24) is 5.32 Å². The molecule has 4 aliphatic carbocycles. The highest BCUT2D eigenvalue weighted by atomic mass is 16.1. The number of hydrogen-bond acceptors (Lipinski definition) is 2. The third-order valence-electron chi connectivity index (χ3n) is 5.27. The summed E-state index contributed by atoms with van der Waals surface area (Å²) in [5, 5.41) is 2.86. The van der Waals surface area contributed by atoms with E-state index in [1.807, 2.05) is 6.92 Å². The molecule has 0 saturated heterocycles. The van der Waals surface area contributed by atoms with Crippen LogP contribution in [-0.2, 0) is 4.79 Å². The van der Waals surface area contributed by atoms with Crippen molar-refractivity contribution < 1.29 is 4.79 Å². The molecule has 1 atom stereocenters. The molecule has 0 aromatic heterocycles. The Bertz CT molecular complexity index is 351. The molecule has 3 heteroatoms. The van der Waals surface area contributed by atoms with Gasteiger partial charge in [-0.2, -0.15) is 0 Å². The van der Waals surface area contributed by atoms with E-state index in [0.29, 0.717) is 12.0 Å². The van der Waals surface area contributed by atoms with Gasteiger partial charge < -0.3 is 11.1 Å². The zero-order valence-corrected chi connectivity index (χ0v) is 11.9. The molecule has 19 heavy (non-hydrogen) atoms. The lowest BCUT2D eigenvalue weighted by atomic mass is 9.49. The van der Waals surface area contributed by atoms with Crippen molar-refractivity contribution in [2.24, 2.45) is 28.9 Å². The number of allylic oxidation sites excluding steroid dienone is 1. The van der Waals surface area contributed by atoms with Gasteiger partial charge in [-0.3, -0.25) is 4.79 Å². The molecule has 4 saturated carbocycles. The van der Waals surface area contributed by atoms with Crippen molar-refractivity contribution in [3.63, 3.8) is 0 Å². The van der Waals surface area contributed by atoms with Gasteiger partial charge >= 0.3 is 0 Å². The van der Waals surface area contributed by atoms with E-state index < -0.39 is 0 Å². The van der Waals surface area contributed by atoms with E-state index >= 15 is 0 Å². The quantitative estimate of drug-likeness (QED) is 0.763. The predicted octanol–water partition coefficient (Wildman–Crippen LogP) is 2.22. The highest BCUT2D eigenvalue weighted by molar-refractivity contribution is 5.87. The van der Waals surface area contributed by atoms with Crippen LogP contribution in [0, 0.1) is 23.2 Å². The Morgan fingerprint density at radius 1 is 1.26 bits per heavy atom. The molecule has 106 valence electrons. The average Bonchev–Trinajstić information content (AvgIpc) is 2.32. The number of carbonyl (C=O) groups excluding carboxylic acids is 1. The van der Waals surface area contributed by atoms with Crippen LogP contribution in [0.2, 0.25) is 0 Å². The maximum Gasteiger partial charge on any atom is 0.243 e. The molecule has 0 spiro atoms. The zero-order chi connectivity index (χ0) is 13.5. The van der Waals surface area contributed by atoms with Crippen LogP contribution in [-0.4, -0.2) is 18.5 Å². The van der Waals surface area contributed by atoms with Gasteiger partial charge in [-0.25, -0.2) is 0 Å². The standard InChI is InChI=1S/C16H26N2O/c1-11(17)10-18-15(19)2-3-16-7-12-4-13(8-16)6-14(5-12)9-16/h2-3,11-14H,4-10,17H2,1H3,(H,18,19)/b3-2+. The van der Waals surface area contributed by atoms with Crippen molar-refractivity contribution in [3.05, 3.63) is 12.2 Å². The Hall–Kier alpha value is -0.830. The molecule has 4 fully saturated rings. The van der Waals surface area contributed by atoms with Gasteiger partial charge in [0.1, 0.15) is 0 Å². The van der Waals surface area contributed by atoms with E-state index in [9.17, 15) is 4.79 Å². The van der Waals surface area contributed by atoms with Crippen molar-refractivity contribution in [3.8, 4) is 0 Å². The van der Waals surface area contributed by atoms with Crippen molar-refractivity contribution in [2.45, 2.75) is 51.5 Å². The second kappa shape index (κ2) is 4.93. The summed E-state index contributed by atoms with van der Waals surface area (Å²) in [6, 6.07) is 0.0249. The van der Waals surface area contributed by atoms with Crippen LogP contribution in [0.4, 0.5) is 0 Å². The lowest BCUT2D eigenvalue weighted by Gasteiger charge is -2.55. The van der Waals surface area contributed by atoms with E-state index in [2.05, 4.69) is 11.4 Å². The van der Waals surface area contributed by atoms with E-state index in [4.69, 9.17) is 5.73 Å².